The molecule has 0 saturated carbocycles. The Labute approximate surface area is 146 Å². The molecule has 24 heavy (non-hydrogen) atoms. The number of hydrogen-bond donors (Lipinski definition) is 0. The fourth-order valence-electron chi connectivity index (χ4n) is 2.28. The largest absolute Gasteiger partial charge is 0.441 e. The van der Waals surface area contributed by atoms with Crippen LogP contribution >= 0.6 is 11.6 Å². The summed E-state index contributed by atoms with van der Waals surface area (Å²) < 4.78 is 31.1. The van der Waals surface area contributed by atoms with E-state index in [1.807, 2.05) is 30.3 Å². The Balaban J connectivity index is 1.74. The standard InChI is InChI=1S/C18H15ClFNO2S/c1-12-17(21-18(23-12)13-5-3-2-4-6-13)11-24(22)10-14-7-8-15(20)9-16(14)19/h2-9H,10-11H2,1H3. The molecule has 1 heterocycles. The van der Waals surface area contributed by atoms with E-state index in [1.165, 1.54) is 12.1 Å². The summed E-state index contributed by atoms with van der Waals surface area (Å²) in [5, 5.41) is 0.283. The molecule has 0 spiro atoms. The van der Waals surface area contributed by atoms with Gasteiger partial charge in [-0.1, -0.05) is 35.9 Å². The van der Waals surface area contributed by atoms with Gasteiger partial charge in [0.1, 0.15) is 11.6 Å². The van der Waals surface area contributed by atoms with Crippen LogP contribution in [0.5, 0.6) is 0 Å². The second kappa shape index (κ2) is 7.28. The van der Waals surface area contributed by atoms with Crippen LogP contribution in [0.3, 0.4) is 0 Å². The van der Waals surface area contributed by atoms with Crippen LogP contribution in [0.25, 0.3) is 11.5 Å². The van der Waals surface area contributed by atoms with Crippen LogP contribution in [0.15, 0.2) is 52.9 Å². The highest BCUT2D eigenvalue weighted by atomic mass is 35.5. The van der Waals surface area contributed by atoms with E-state index in [0.717, 1.165) is 5.56 Å². The van der Waals surface area contributed by atoms with Crippen molar-refractivity contribution in [3.05, 3.63) is 76.4 Å². The molecule has 0 aliphatic rings. The van der Waals surface area contributed by atoms with Crippen LogP contribution < -0.4 is 0 Å². The van der Waals surface area contributed by atoms with E-state index < -0.39 is 16.6 Å². The Bertz CT molecular complexity index is 880. The molecular formula is C18H15ClFNO2S. The molecule has 0 bridgehead atoms. The third-order valence-electron chi connectivity index (χ3n) is 3.54. The number of oxazole rings is 1. The molecule has 1 atom stereocenters. The van der Waals surface area contributed by atoms with Crippen molar-refractivity contribution in [2.45, 2.75) is 18.4 Å². The number of nitrogens with zero attached hydrogens (tertiary/aromatic N) is 1. The van der Waals surface area contributed by atoms with E-state index >= 15 is 0 Å². The van der Waals surface area contributed by atoms with Crippen molar-refractivity contribution in [3.8, 4) is 11.5 Å². The van der Waals surface area contributed by atoms with Gasteiger partial charge >= 0.3 is 0 Å². The molecule has 0 amide bonds. The molecule has 6 heteroatoms. The second-order valence-corrected chi connectivity index (χ2v) is 7.22. The molecule has 3 nitrogen and oxygen atoms in total. The van der Waals surface area contributed by atoms with Crippen molar-refractivity contribution < 1.29 is 13.0 Å². The molecule has 2 aromatic carbocycles. The second-order valence-electron chi connectivity index (χ2n) is 5.35. The molecular weight excluding hydrogens is 349 g/mol. The summed E-state index contributed by atoms with van der Waals surface area (Å²) in [5.41, 5.74) is 2.19. The average molecular weight is 364 g/mol. The SMILES string of the molecule is Cc1oc(-c2ccccc2)nc1CS(=O)Cc1ccc(F)cc1Cl. The van der Waals surface area contributed by atoms with Gasteiger partial charge in [0.15, 0.2) is 0 Å². The van der Waals surface area contributed by atoms with Crippen molar-refractivity contribution in [1.82, 2.24) is 4.98 Å². The number of halogens is 2. The van der Waals surface area contributed by atoms with E-state index in [0.29, 0.717) is 22.9 Å². The summed E-state index contributed by atoms with van der Waals surface area (Å²) in [6, 6.07) is 13.6. The van der Waals surface area contributed by atoms with E-state index in [1.54, 1.807) is 13.0 Å². The van der Waals surface area contributed by atoms with Crippen LogP contribution in [0.1, 0.15) is 17.0 Å². The average Bonchev–Trinajstić information content (AvgIpc) is 2.92. The first-order chi connectivity index (χ1) is 11.5. The topological polar surface area (TPSA) is 43.1 Å². The fourth-order valence-corrected chi connectivity index (χ4v) is 3.87. The van der Waals surface area contributed by atoms with E-state index in [4.69, 9.17) is 16.0 Å². The van der Waals surface area contributed by atoms with Gasteiger partial charge in [-0.05, 0) is 36.8 Å². The smallest absolute Gasteiger partial charge is 0.226 e. The maximum absolute atomic E-state index is 13.1. The van der Waals surface area contributed by atoms with Crippen LogP contribution in [-0.4, -0.2) is 9.19 Å². The third kappa shape index (κ3) is 3.91. The number of aromatic nitrogens is 1. The van der Waals surface area contributed by atoms with Gasteiger partial charge in [-0.2, -0.15) is 0 Å². The third-order valence-corrected chi connectivity index (χ3v) is 5.12. The first-order valence-electron chi connectivity index (χ1n) is 7.33. The minimum atomic E-state index is -1.22. The lowest BCUT2D eigenvalue weighted by atomic mass is 10.2. The Morgan fingerprint density at radius 3 is 2.62 bits per heavy atom. The zero-order valence-electron chi connectivity index (χ0n) is 13.0. The molecule has 1 unspecified atom stereocenters. The zero-order chi connectivity index (χ0) is 17.1. The van der Waals surface area contributed by atoms with Crippen molar-refractivity contribution in [3.63, 3.8) is 0 Å². The first-order valence-corrected chi connectivity index (χ1v) is 9.20. The van der Waals surface area contributed by atoms with E-state index in [-0.39, 0.29) is 16.5 Å². The predicted octanol–water partition coefficient (Wildman–Crippen LogP) is 4.89. The Kier molecular flexibility index (Phi) is 5.11. The van der Waals surface area contributed by atoms with Crippen LogP contribution in [0.2, 0.25) is 5.02 Å². The molecule has 3 aromatic rings. The van der Waals surface area contributed by atoms with Crippen LogP contribution in [0, 0.1) is 12.7 Å². The minimum Gasteiger partial charge on any atom is -0.441 e. The maximum atomic E-state index is 13.1. The summed E-state index contributed by atoms with van der Waals surface area (Å²) in [6.07, 6.45) is 0. The van der Waals surface area contributed by atoms with Gasteiger partial charge in [0.25, 0.3) is 0 Å². The minimum absolute atomic E-state index is 0.242. The molecule has 0 aliphatic carbocycles. The summed E-state index contributed by atoms with van der Waals surface area (Å²) in [6.45, 7) is 1.80. The number of hydrogen-bond acceptors (Lipinski definition) is 3. The predicted molar refractivity (Wildman–Crippen MR) is 93.6 cm³/mol. The normalized spacial score (nSPS) is 12.3. The fraction of sp³-hybridized carbons (Fsp3) is 0.167. The highest BCUT2D eigenvalue weighted by Crippen LogP contribution is 2.24. The summed E-state index contributed by atoms with van der Waals surface area (Å²) in [5.74, 6) is 1.25. The van der Waals surface area contributed by atoms with Gasteiger partial charge in [0.2, 0.25) is 5.89 Å². The van der Waals surface area contributed by atoms with Crippen molar-refractivity contribution >= 4 is 22.4 Å². The summed E-state index contributed by atoms with van der Waals surface area (Å²) in [4.78, 5) is 4.45. The van der Waals surface area contributed by atoms with Crippen molar-refractivity contribution in [2.24, 2.45) is 0 Å². The molecule has 0 fully saturated rings. The van der Waals surface area contributed by atoms with Gasteiger partial charge in [-0.25, -0.2) is 9.37 Å². The monoisotopic (exact) mass is 363 g/mol. The van der Waals surface area contributed by atoms with Gasteiger partial charge in [0.05, 0.1) is 17.2 Å². The lowest BCUT2D eigenvalue weighted by Gasteiger charge is -2.04. The number of aryl methyl sites for hydroxylation is 1. The highest BCUT2D eigenvalue weighted by molar-refractivity contribution is 7.83. The molecule has 0 N–H and O–H groups in total. The molecule has 0 saturated heterocycles. The van der Waals surface area contributed by atoms with Crippen LogP contribution in [-0.2, 0) is 22.3 Å². The first kappa shape index (κ1) is 16.9. The van der Waals surface area contributed by atoms with E-state index in [2.05, 4.69) is 4.98 Å². The molecule has 0 aliphatic heterocycles. The lowest BCUT2D eigenvalue weighted by Crippen LogP contribution is -2.02. The van der Waals surface area contributed by atoms with Crippen molar-refractivity contribution in [2.75, 3.05) is 0 Å². The maximum Gasteiger partial charge on any atom is 0.226 e. The van der Waals surface area contributed by atoms with Crippen molar-refractivity contribution in [1.29, 1.82) is 0 Å². The van der Waals surface area contributed by atoms with Crippen LogP contribution in [0.4, 0.5) is 4.39 Å². The molecule has 1 aromatic heterocycles. The number of benzene rings is 2. The lowest BCUT2D eigenvalue weighted by molar-refractivity contribution is 0.540. The molecule has 0 radical (unpaired) electrons. The van der Waals surface area contributed by atoms with Gasteiger partial charge in [0, 0.05) is 21.4 Å². The molecule has 124 valence electrons. The zero-order valence-corrected chi connectivity index (χ0v) is 14.5. The van der Waals surface area contributed by atoms with E-state index in [9.17, 15) is 8.60 Å². The Morgan fingerprint density at radius 1 is 1.17 bits per heavy atom. The molecule has 3 rings (SSSR count). The summed E-state index contributed by atoms with van der Waals surface area (Å²) in [7, 11) is -1.22. The van der Waals surface area contributed by atoms with Gasteiger partial charge < -0.3 is 4.42 Å². The van der Waals surface area contributed by atoms with Gasteiger partial charge in [-0.3, -0.25) is 4.21 Å². The van der Waals surface area contributed by atoms with Gasteiger partial charge in [-0.15, -0.1) is 0 Å². The number of rotatable bonds is 5. The summed E-state index contributed by atoms with van der Waals surface area (Å²) >= 11 is 5.98. The Hall–Kier alpha value is -1.98. The Morgan fingerprint density at radius 2 is 1.92 bits per heavy atom. The quantitative estimate of drug-likeness (QED) is 0.648. The highest BCUT2D eigenvalue weighted by Gasteiger charge is 2.15.